The molecule has 4 rings (SSSR count). The van der Waals surface area contributed by atoms with Gasteiger partial charge in [0.25, 0.3) is 11.8 Å². The highest BCUT2D eigenvalue weighted by Gasteiger charge is 2.33. The summed E-state index contributed by atoms with van der Waals surface area (Å²) < 4.78 is 21.3. The van der Waals surface area contributed by atoms with Crippen molar-refractivity contribution in [3.63, 3.8) is 0 Å². The minimum absolute atomic E-state index is 0.0696. The van der Waals surface area contributed by atoms with Crippen molar-refractivity contribution in [1.82, 2.24) is 5.32 Å². The molecule has 0 saturated carbocycles. The number of anilines is 2. The molecule has 0 bridgehead atoms. The van der Waals surface area contributed by atoms with Gasteiger partial charge in [0.15, 0.2) is 23.0 Å². The van der Waals surface area contributed by atoms with Crippen molar-refractivity contribution in [2.75, 3.05) is 39.1 Å². The molecule has 1 heterocycles. The summed E-state index contributed by atoms with van der Waals surface area (Å²) in [6.07, 6.45) is 0.731. The molecule has 9 nitrogen and oxygen atoms in total. The van der Waals surface area contributed by atoms with Crippen LogP contribution in [0.15, 0.2) is 66.2 Å². The zero-order chi connectivity index (χ0) is 28.2. The highest BCUT2D eigenvalue weighted by atomic mass is 16.5. The van der Waals surface area contributed by atoms with Crippen LogP contribution in [-0.2, 0) is 16.0 Å². The van der Waals surface area contributed by atoms with Gasteiger partial charge in [0.1, 0.15) is 5.57 Å². The minimum atomic E-state index is -0.588. The second-order valence-electron chi connectivity index (χ2n) is 9.64. The molecule has 0 spiro atoms. The number of amides is 2. The molecule has 3 aromatic rings. The summed E-state index contributed by atoms with van der Waals surface area (Å²) in [7, 11) is 6.09. The number of benzene rings is 3. The van der Waals surface area contributed by atoms with Gasteiger partial charge < -0.3 is 34.9 Å². The second kappa shape index (κ2) is 11.4. The summed E-state index contributed by atoms with van der Waals surface area (Å²) in [5.41, 5.74) is 2.68. The van der Waals surface area contributed by atoms with Crippen LogP contribution in [0, 0.1) is 0 Å². The molecule has 0 aromatic heterocycles. The highest BCUT2D eigenvalue weighted by Crippen LogP contribution is 2.34. The molecule has 1 aliphatic rings. The Hall–Kier alpha value is -4.66. The third-order valence-corrected chi connectivity index (χ3v) is 6.37. The fourth-order valence-corrected chi connectivity index (χ4v) is 4.59. The lowest BCUT2D eigenvalue weighted by Crippen LogP contribution is -2.45. The van der Waals surface area contributed by atoms with Crippen molar-refractivity contribution in [3.8, 4) is 23.0 Å². The van der Waals surface area contributed by atoms with Crippen molar-refractivity contribution >= 4 is 28.9 Å². The first-order chi connectivity index (χ1) is 18.7. The van der Waals surface area contributed by atoms with Crippen LogP contribution in [0.3, 0.4) is 0 Å². The summed E-state index contributed by atoms with van der Waals surface area (Å²) in [6.45, 7) is 4.05. The van der Waals surface area contributed by atoms with Crippen LogP contribution in [-0.4, -0.2) is 45.8 Å². The maximum absolute atomic E-state index is 13.9. The third kappa shape index (κ3) is 5.93. The molecule has 0 fully saturated rings. The van der Waals surface area contributed by atoms with E-state index < -0.39 is 17.4 Å². The van der Waals surface area contributed by atoms with Gasteiger partial charge in [-0.3, -0.25) is 9.59 Å². The summed E-state index contributed by atoms with van der Waals surface area (Å²) in [4.78, 5) is 27.7. The number of rotatable bonds is 8. The molecular weight excluding hydrogens is 498 g/mol. The number of carbonyl (C=O) groups is 2. The van der Waals surface area contributed by atoms with Crippen LogP contribution < -0.4 is 34.9 Å². The monoisotopic (exact) mass is 531 g/mol. The quantitative estimate of drug-likeness (QED) is 0.221. The van der Waals surface area contributed by atoms with E-state index in [0.29, 0.717) is 40.1 Å². The van der Waals surface area contributed by atoms with Crippen molar-refractivity contribution < 1.29 is 28.5 Å². The lowest BCUT2D eigenvalue weighted by Gasteiger charge is -2.36. The first kappa shape index (κ1) is 27.4. The summed E-state index contributed by atoms with van der Waals surface area (Å²) >= 11 is 0. The molecule has 0 aliphatic carbocycles. The van der Waals surface area contributed by atoms with E-state index in [1.165, 1.54) is 28.4 Å². The van der Waals surface area contributed by atoms with Gasteiger partial charge in [-0.2, -0.15) is 0 Å². The van der Waals surface area contributed by atoms with E-state index in [1.54, 1.807) is 36.4 Å². The summed E-state index contributed by atoms with van der Waals surface area (Å²) in [5, 5.41) is 9.14. The van der Waals surface area contributed by atoms with E-state index >= 15 is 0 Å². The van der Waals surface area contributed by atoms with Crippen LogP contribution in [0.5, 0.6) is 23.0 Å². The number of ether oxygens (including phenoxy) is 4. The van der Waals surface area contributed by atoms with Gasteiger partial charge >= 0.3 is 0 Å². The Kier molecular flexibility index (Phi) is 7.99. The van der Waals surface area contributed by atoms with Crippen molar-refractivity contribution in [3.05, 3.63) is 77.4 Å². The van der Waals surface area contributed by atoms with E-state index in [4.69, 9.17) is 18.9 Å². The van der Waals surface area contributed by atoms with E-state index in [0.717, 1.165) is 17.5 Å². The highest BCUT2D eigenvalue weighted by molar-refractivity contribution is 6.30. The van der Waals surface area contributed by atoms with E-state index in [1.807, 2.05) is 38.1 Å². The lowest BCUT2D eigenvalue weighted by atomic mass is 9.84. The maximum atomic E-state index is 13.9. The Bertz CT molecular complexity index is 1360. The van der Waals surface area contributed by atoms with Gasteiger partial charge in [0.05, 0.1) is 34.1 Å². The molecule has 3 N–H and O–H groups in total. The molecule has 39 heavy (non-hydrogen) atoms. The number of carbonyl (C=O) groups excluding carboxylic acids is 2. The van der Waals surface area contributed by atoms with Gasteiger partial charge in [-0.25, -0.2) is 0 Å². The Morgan fingerprint density at radius 1 is 0.718 bits per heavy atom. The van der Waals surface area contributed by atoms with Gasteiger partial charge in [-0.05, 0) is 50.1 Å². The Labute approximate surface area is 228 Å². The van der Waals surface area contributed by atoms with Crippen molar-refractivity contribution in [2.45, 2.75) is 25.8 Å². The average molecular weight is 532 g/mol. The topological polar surface area (TPSA) is 107 Å². The maximum Gasteiger partial charge on any atom is 0.263 e. The van der Waals surface area contributed by atoms with Gasteiger partial charge in [-0.15, -0.1) is 0 Å². The van der Waals surface area contributed by atoms with Gasteiger partial charge in [0, 0.05) is 34.6 Å². The molecule has 1 aliphatic heterocycles. The van der Waals surface area contributed by atoms with Gasteiger partial charge in [-0.1, -0.05) is 24.3 Å². The fraction of sp³-hybridized carbons (Fsp3) is 0.267. The normalized spacial score (nSPS) is 13.3. The number of fused-ring (bicyclic) bond motifs is 1. The molecular formula is C30H33N3O6. The molecule has 0 unspecified atom stereocenters. The molecule has 3 aromatic carbocycles. The number of nitrogens with one attached hydrogen (secondary N) is 3. The van der Waals surface area contributed by atoms with Crippen LogP contribution >= 0.6 is 0 Å². The Morgan fingerprint density at radius 3 is 1.69 bits per heavy atom. The molecule has 9 heteroatoms. The van der Waals surface area contributed by atoms with Crippen LogP contribution in [0.2, 0.25) is 0 Å². The second-order valence-corrected chi connectivity index (χ2v) is 9.64. The van der Waals surface area contributed by atoms with Crippen LogP contribution in [0.25, 0.3) is 5.70 Å². The number of hydrogen-bond donors (Lipinski definition) is 3. The number of hydrogen-bond acceptors (Lipinski definition) is 7. The molecule has 0 saturated heterocycles. The molecule has 2 amide bonds. The minimum Gasteiger partial charge on any atom is -0.493 e. The van der Waals surface area contributed by atoms with Gasteiger partial charge in [0.2, 0.25) is 0 Å². The SMILES string of the molecule is COc1ccc(NC(=O)C(C(=O)Nc2ccc(OC)c(OC)c2)=C2NC(C)(C)Cc3ccccc32)cc1OC. The molecule has 0 radical (unpaired) electrons. The Balaban J connectivity index is 1.80. The standard InChI is InChI=1S/C30H33N3O6/c1-30(2)17-18-9-7-8-10-21(18)27(33-30)26(28(34)31-19-11-13-22(36-3)24(15-19)38-5)29(35)32-20-12-14-23(37-4)25(16-20)39-6/h7-16,33H,17H2,1-6H3,(H,31,34)(H,32,35). The first-order valence-electron chi connectivity index (χ1n) is 12.4. The summed E-state index contributed by atoms with van der Waals surface area (Å²) in [6, 6.07) is 17.7. The fourth-order valence-electron chi connectivity index (χ4n) is 4.59. The molecule has 0 atom stereocenters. The van der Waals surface area contributed by atoms with E-state index in [-0.39, 0.29) is 5.57 Å². The van der Waals surface area contributed by atoms with E-state index in [2.05, 4.69) is 16.0 Å². The largest absolute Gasteiger partial charge is 0.493 e. The molecule has 204 valence electrons. The third-order valence-electron chi connectivity index (χ3n) is 6.37. The first-order valence-corrected chi connectivity index (χ1v) is 12.4. The number of methoxy groups -OCH3 is 4. The predicted octanol–water partition coefficient (Wildman–Crippen LogP) is 4.63. The zero-order valence-electron chi connectivity index (χ0n) is 22.9. The van der Waals surface area contributed by atoms with Crippen molar-refractivity contribution in [1.29, 1.82) is 0 Å². The van der Waals surface area contributed by atoms with Crippen LogP contribution in [0.4, 0.5) is 11.4 Å². The Morgan fingerprint density at radius 2 is 1.21 bits per heavy atom. The van der Waals surface area contributed by atoms with Crippen LogP contribution in [0.1, 0.15) is 25.0 Å². The average Bonchev–Trinajstić information content (AvgIpc) is 2.92. The summed E-state index contributed by atoms with van der Waals surface area (Å²) in [5.74, 6) is 0.753. The van der Waals surface area contributed by atoms with E-state index in [9.17, 15) is 9.59 Å². The van der Waals surface area contributed by atoms with Crippen molar-refractivity contribution in [2.24, 2.45) is 0 Å². The smallest absolute Gasteiger partial charge is 0.263 e. The zero-order valence-corrected chi connectivity index (χ0v) is 22.9. The lowest BCUT2D eigenvalue weighted by molar-refractivity contribution is -0.118. The predicted molar refractivity (Wildman–Crippen MR) is 151 cm³/mol.